The summed E-state index contributed by atoms with van der Waals surface area (Å²) in [5.41, 5.74) is 5.78. The summed E-state index contributed by atoms with van der Waals surface area (Å²) in [6, 6.07) is 3.82. The zero-order chi connectivity index (χ0) is 23.1. The van der Waals surface area contributed by atoms with E-state index in [9.17, 15) is 19.5 Å². The highest BCUT2D eigenvalue weighted by Gasteiger charge is 2.17. The average Bonchev–Trinajstić information content (AvgIpc) is 2.71. The number of benzene rings is 1. The molecule has 0 aliphatic carbocycles. The molecule has 1 rings (SSSR count). The van der Waals surface area contributed by atoms with E-state index in [0.717, 1.165) is 6.42 Å². The van der Waals surface area contributed by atoms with Crippen LogP contribution in [0, 0.1) is 0 Å². The van der Waals surface area contributed by atoms with Gasteiger partial charge in [-0.3, -0.25) is 19.7 Å². The van der Waals surface area contributed by atoms with Gasteiger partial charge in [0.25, 0.3) is 5.91 Å². The number of ether oxygens (including phenoxy) is 1. The number of unbranched alkanes of at least 4 members (excludes halogenated alkanes) is 1. The van der Waals surface area contributed by atoms with Gasteiger partial charge in [0.2, 0.25) is 0 Å². The topological polar surface area (TPSA) is 162 Å². The van der Waals surface area contributed by atoms with Gasteiger partial charge in [0.1, 0.15) is 6.04 Å². The Bertz CT molecular complexity index is 678. The Labute approximate surface area is 176 Å². The molecule has 0 aromatic heterocycles. The third-order valence-corrected chi connectivity index (χ3v) is 4.22. The summed E-state index contributed by atoms with van der Waals surface area (Å²) < 4.78 is 4.96. The van der Waals surface area contributed by atoms with E-state index in [1.165, 1.54) is 13.2 Å². The molecule has 0 radical (unpaired) electrons. The largest absolute Gasteiger partial charge is 0.504 e. The number of amides is 1. The number of carboxylic acid groups (broad SMARTS) is 2. The van der Waals surface area contributed by atoms with Gasteiger partial charge in [-0.15, -0.1) is 0 Å². The molecule has 0 saturated carbocycles. The lowest BCUT2D eigenvalue weighted by atomic mass is 10.1. The Hall–Kier alpha value is -2.85. The lowest BCUT2D eigenvalue weighted by molar-refractivity contribution is -0.140. The van der Waals surface area contributed by atoms with Gasteiger partial charge < -0.3 is 30.7 Å². The number of nitrogens with one attached hydrogen (secondary N) is 1. The third-order valence-electron chi connectivity index (χ3n) is 4.22. The highest BCUT2D eigenvalue weighted by atomic mass is 16.5. The minimum Gasteiger partial charge on any atom is -0.504 e. The maximum absolute atomic E-state index is 12.0. The van der Waals surface area contributed by atoms with E-state index < -0.39 is 18.0 Å². The molecular formula is C20H33N3O7. The van der Waals surface area contributed by atoms with E-state index in [2.05, 4.69) is 5.32 Å². The fourth-order valence-electron chi connectivity index (χ4n) is 2.52. The van der Waals surface area contributed by atoms with Crippen LogP contribution in [0.1, 0.15) is 43.5 Å². The first-order valence-electron chi connectivity index (χ1n) is 9.75. The Kier molecular flexibility index (Phi) is 13.6. The van der Waals surface area contributed by atoms with Crippen molar-refractivity contribution >= 4 is 17.8 Å². The minimum absolute atomic E-state index is 0.0404. The lowest BCUT2D eigenvalue weighted by Crippen LogP contribution is -2.39. The van der Waals surface area contributed by atoms with Crippen LogP contribution in [0.25, 0.3) is 0 Å². The molecule has 0 fully saturated rings. The average molecular weight is 427 g/mol. The fourth-order valence-corrected chi connectivity index (χ4v) is 2.52. The van der Waals surface area contributed by atoms with Crippen molar-refractivity contribution in [2.75, 3.05) is 33.3 Å². The number of nitrogens with two attached hydrogens (primary N) is 1. The number of nitrogens with zero attached hydrogens (tertiary/aromatic N) is 1. The minimum atomic E-state index is -1.06. The van der Waals surface area contributed by atoms with Gasteiger partial charge >= 0.3 is 11.9 Å². The van der Waals surface area contributed by atoms with Gasteiger partial charge in [-0.1, -0.05) is 6.42 Å². The number of hydrogen-bond donors (Lipinski definition) is 5. The predicted octanol–water partition coefficient (Wildman–Crippen LogP) is 1.13. The van der Waals surface area contributed by atoms with Crippen molar-refractivity contribution < 1.29 is 34.4 Å². The van der Waals surface area contributed by atoms with Crippen LogP contribution in [-0.4, -0.2) is 77.4 Å². The highest BCUT2D eigenvalue weighted by molar-refractivity contribution is 5.94. The number of hydrogen-bond acceptors (Lipinski definition) is 7. The van der Waals surface area contributed by atoms with Gasteiger partial charge in [0, 0.05) is 18.7 Å². The molecule has 30 heavy (non-hydrogen) atoms. The van der Waals surface area contributed by atoms with E-state index in [-0.39, 0.29) is 18.2 Å². The molecule has 1 aromatic carbocycles. The second kappa shape index (κ2) is 15.1. The third kappa shape index (κ3) is 10.1. The Morgan fingerprint density at radius 2 is 1.80 bits per heavy atom. The van der Waals surface area contributed by atoms with Crippen LogP contribution in [0.15, 0.2) is 18.2 Å². The van der Waals surface area contributed by atoms with Crippen molar-refractivity contribution in [1.82, 2.24) is 10.2 Å². The molecule has 170 valence electrons. The van der Waals surface area contributed by atoms with Crippen molar-refractivity contribution in [3.8, 4) is 11.5 Å². The maximum Gasteiger partial charge on any atom is 0.320 e. The number of carbonyl (C=O) groups excluding carboxylic acids is 1. The molecule has 0 heterocycles. The second-order valence-electron chi connectivity index (χ2n) is 6.31. The molecule has 0 aliphatic heterocycles. The summed E-state index contributed by atoms with van der Waals surface area (Å²) >= 11 is 0. The number of carbonyl (C=O) groups is 3. The van der Waals surface area contributed by atoms with Gasteiger partial charge in [-0.25, -0.2) is 0 Å². The summed E-state index contributed by atoms with van der Waals surface area (Å²) in [6.07, 6.45) is 1.83. The molecule has 10 nitrogen and oxygen atoms in total. The van der Waals surface area contributed by atoms with Crippen LogP contribution in [0.5, 0.6) is 11.5 Å². The van der Waals surface area contributed by atoms with E-state index in [0.29, 0.717) is 43.8 Å². The number of carboxylic acids is 2. The number of aliphatic carboxylic acids is 2. The van der Waals surface area contributed by atoms with Gasteiger partial charge in [0.15, 0.2) is 11.5 Å². The van der Waals surface area contributed by atoms with Crippen LogP contribution >= 0.6 is 0 Å². The van der Waals surface area contributed by atoms with Crippen molar-refractivity contribution in [3.05, 3.63) is 23.8 Å². The zero-order valence-corrected chi connectivity index (χ0v) is 17.8. The summed E-state index contributed by atoms with van der Waals surface area (Å²) in [4.78, 5) is 34.5. The van der Waals surface area contributed by atoms with Crippen molar-refractivity contribution in [1.29, 1.82) is 0 Å². The first-order valence-corrected chi connectivity index (χ1v) is 9.75. The molecule has 6 N–H and O–H groups in total. The smallest absolute Gasteiger partial charge is 0.320 e. The van der Waals surface area contributed by atoms with Gasteiger partial charge in [-0.05, 0) is 51.4 Å². The lowest BCUT2D eigenvalue weighted by Gasteiger charge is -2.18. The number of methoxy groups -OCH3 is 1. The van der Waals surface area contributed by atoms with Crippen LogP contribution in [-0.2, 0) is 9.59 Å². The van der Waals surface area contributed by atoms with E-state index in [1.807, 2.05) is 13.8 Å². The zero-order valence-electron chi connectivity index (χ0n) is 17.8. The molecule has 0 spiro atoms. The van der Waals surface area contributed by atoms with Crippen molar-refractivity contribution in [2.45, 2.75) is 39.2 Å². The first kappa shape index (κ1) is 27.1. The van der Waals surface area contributed by atoms with Crippen molar-refractivity contribution in [2.24, 2.45) is 5.73 Å². The first-order chi connectivity index (χ1) is 14.2. The number of phenols is 1. The standard InChI is InChI=1S/C12H17NO3.C8H16N2O4/c1-4-13(5-2)12(15)9-6-7-10(14)11(8-9)16-3;9-4-2-1-3-6(8(13)14)10-5-7(11)12/h6-8,14H,4-5H2,1-3H3;6,10H,1-5,9H2,(H,11,12)(H,13,14)/t;6-/m.0/s1. The molecule has 0 unspecified atom stereocenters. The molecule has 10 heteroatoms. The molecular weight excluding hydrogens is 394 g/mol. The SMILES string of the molecule is CCN(CC)C(=O)c1ccc(O)c(OC)c1.NCCCC[C@H](NCC(=O)O)C(=O)O. The number of aromatic hydroxyl groups is 1. The normalized spacial score (nSPS) is 11.1. The highest BCUT2D eigenvalue weighted by Crippen LogP contribution is 2.26. The van der Waals surface area contributed by atoms with Gasteiger partial charge in [0.05, 0.1) is 13.7 Å². The molecule has 1 aromatic rings. The fraction of sp³-hybridized carbons (Fsp3) is 0.550. The molecule has 0 bridgehead atoms. The molecule has 1 atom stereocenters. The van der Waals surface area contributed by atoms with Crippen LogP contribution < -0.4 is 15.8 Å². The summed E-state index contributed by atoms with van der Waals surface area (Å²) in [5, 5.41) is 28.9. The predicted molar refractivity (Wildman–Crippen MR) is 112 cm³/mol. The summed E-state index contributed by atoms with van der Waals surface area (Å²) in [5.74, 6) is -1.78. The maximum atomic E-state index is 12.0. The number of phenolic OH excluding ortho intramolecular Hbond substituents is 1. The molecule has 0 aliphatic rings. The van der Waals surface area contributed by atoms with Crippen molar-refractivity contribution in [3.63, 3.8) is 0 Å². The summed E-state index contributed by atoms with van der Waals surface area (Å²) in [7, 11) is 1.46. The second-order valence-corrected chi connectivity index (χ2v) is 6.31. The van der Waals surface area contributed by atoms with Crippen LogP contribution in [0.3, 0.4) is 0 Å². The summed E-state index contributed by atoms with van der Waals surface area (Å²) in [6.45, 7) is 5.38. The van der Waals surface area contributed by atoms with E-state index in [4.69, 9.17) is 20.7 Å². The van der Waals surface area contributed by atoms with E-state index in [1.54, 1.807) is 17.0 Å². The Morgan fingerprint density at radius 1 is 1.17 bits per heavy atom. The van der Waals surface area contributed by atoms with Crippen LogP contribution in [0.2, 0.25) is 0 Å². The Balaban J connectivity index is 0.000000567. The molecule has 0 saturated heterocycles. The van der Waals surface area contributed by atoms with E-state index >= 15 is 0 Å². The van der Waals surface area contributed by atoms with Crippen LogP contribution in [0.4, 0.5) is 0 Å². The Morgan fingerprint density at radius 3 is 2.27 bits per heavy atom. The monoisotopic (exact) mass is 427 g/mol. The number of rotatable bonds is 12. The van der Waals surface area contributed by atoms with Gasteiger partial charge in [-0.2, -0.15) is 0 Å². The molecule has 1 amide bonds. The quantitative estimate of drug-likeness (QED) is 0.308.